The zero-order valence-corrected chi connectivity index (χ0v) is 10.6. The number of allylic oxidation sites excluding steroid dienone is 2. The van der Waals surface area contributed by atoms with E-state index in [1.807, 2.05) is 13.0 Å². The van der Waals surface area contributed by atoms with Gasteiger partial charge in [0.25, 0.3) is 0 Å². The number of alkyl halides is 1. The fourth-order valence-electron chi connectivity index (χ4n) is 1.55. The first kappa shape index (κ1) is 13.7. The maximum absolute atomic E-state index is 13.6. The van der Waals surface area contributed by atoms with E-state index in [-0.39, 0.29) is 0 Å². The van der Waals surface area contributed by atoms with Crippen LogP contribution in [0.2, 0.25) is 0 Å². The summed E-state index contributed by atoms with van der Waals surface area (Å²) >= 11 is 0. The Morgan fingerprint density at radius 3 is 2.53 bits per heavy atom. The summed E-state index contributed by atoms with van der Waals surface area (Å²) in [4.78, 5) is 0. The highest BCUT2D eigenvalue weighted by atomic mass is 19.1. The molecule has 92 valence electrons. The molecule has 1 nitrogen and oxygen atoms in total. The number of hydrogen-bond donors (Lipinski definition) is 1. The smallest absolute Gasteiger partial charge is 0.182 e. The van der Waals surface area contributed by atoms with Gasteiger partial charge in [0.05, 0.1) is 0 Å². The number of nitrogens with two attached hydrogens (primary N) is 1. The van der Waals surface area contributed by atoms with Crippen LogP contribution in [0.5, 0.6) is 0 Å². The van der Waals surface area contributed by atoms with Crippen molar-refractivity contribution in [2.75, 3.05) is 0 Å². The predicted octanol–water partition coefficient (Wildman–Crippen LogP) is 4.16. The SMILES string of the molecule is C=C(C)CCC(=C)c1cccc(C(C)(N)F)c1. The van der Waals surface area contributed by atoms with Crippen LogP contribution in [0.25, 0.3) is 5.57 Å². The van der Waals surface area contributed by atoms with E-state index in [0.717, 1.165) is 29.6 Å². The summed E-state index contributed by atoms with van der Waals surface area (Å²) in [5, 5.41) is 0. The fourth-order valence-corrected chi connectivity index (χ4v) is 1.55. The molecule has 0 fully saturated rings. The monoisotopic (exact) mass is 233 g/mol. The van der Waals surface area contributed by atoms with E-state index in [2.05, 4.69) is 13.2 Å². The first-order chi connectivity index (χ1) is 7.80. The van der Waals surface area contributed by atoms with Gasteiger partial charge in [-0.05, 0) is 43.9 Å². The zero-order valence-electron chi connectivity index (χ0n) is 10.6. The lowest BCUT2D eigenvalue weighted by Gasteiger charge is -2.16. The van der Waals surface area contributed by atoms with Crippen LogP contribution in [0, 0.1) is 0 Å². The van der Waals surface area contributed by atoms with Gasteiger partial charge >= 0.3 is 0 Å². The Morgan fingerprint density at radius 1 is 1.35 bits per heavy atom. The third-order valence-electron chi connectivity index (χ3n) is 2.69. The second-order valence-electron chi connectivity index (χ2n) is 4.72. The van der Waals surface area contributed by atoms with Gasteiger partial charge in [-0.15, -0.1) is 6.58 Å². The van der Waals surface area contributed by atoms with Gasteiger partial charge in [0.15, 0.2) is 5.79 Å². The maximum Gasteiger partial charge on any atom is 0.182 e. The van der Waals surface area contributed by atoms with Crippen molar-refractivity contribution >= 4 is 5.57 Å². The molecular weight excluding hydrogens is 213 g/mol. The summed E-state index contributed by atoms with van der Waals surface area (Å²) in [6, 6.07) is 7.19. The Hall–Kier alpha value is -1.41. The van der Waals surface area contributed by atoms with Crippen LogP contribution in [0.1, 0.15) is 37.8 Å². The summed E-state index contributed by atoms with van der Waals surface area (Å²) in [7, 11) is 0. The molecule has 0 bridgehead atoms. The molecule has 1 rings (SSSR count). The third kappa shape index (κ3) is 4.16. The second kappa shape index (κ2) is 5.28. The molecule has 0 radical (unpaired) electrons. The first-order valence-electron chi connectivity index (χ1n) is 5.71. The molecule has 0 spiro atoms. The lowest BCUT2D eigenvalue weighted by molar-refractivity contribution is 0.203. The Morgan fingerprint density at radius 2 is 2.00 bits per heavy atom. The highest BCUT2D eigenvalue weighted by Crippen LogP contribution is 2.25. The zero-order chi connectivity index (χ0) is 13.1. The van der Waals surface area contributed by atoms with E-state index in [9.17, 15) is 4.39 Å². The van der Waals surface area contributed by atoms with Crippen LogP contribution in [-0.2, 0) is 5.79 Å². The molecular formula is C15H20FN. The van der Waals surface area contributed by atoms with Gasteiger partial charge in [-0.3, -0.25) is 5.73 Å². The predicted molar refractivity (Wildman–Crippen MR) is 72.2 cm³/mol. The Labute approximate surface area is 103 Å². The summed E-state index contributed by atoms with van der Waals surface area (Å²) < 4.78 is 13.6. The molecule has 0 aliphatic carbocycles. The van der Waals surface area contributed by atoms with Crippen molar-refractivity contribution in [1.82, 2.24) is 0 Å². The number of benzene rings is 1. The van der Waals surface area contributed by atoms with Crippen molar-refractivity contribution in [3.63, 3.8) is 0 Å². The molecule has 1 unspecified atom stereocenters. The van der Waals surface area contributed by atoms with Crippen molar-refractivity contribution in [2.24, 2.45) is 5.73 Å². The van der Waals surface area contributed by atoms with Crippen LogP contribution in [-0.4, -0.2) is 0 Å². The van der Waals surface area contributed by atoms with E-state index < -0.39 is 5.79 Å². The summed E-state index contributed by atoms with van der Waals surface area (Å²) in [6.07, 6.45) is 1.74. The molecule has 0 amide bonds. The van der Waals surface area contributed by atoms with E-state index in [1.165, 1.54) is 6.92 Å². The molecule has 0 aromatic heterocycles. The van der Waals surface area contributed by atoms with Crippen molar-refractivity contribution in [1.29, 1.82) is 0 Å². The van der Waals surface area contributed by atoms with E-state index in [0.29, 0.717) is 5.56 Å². The standard InChI is InChI=1S/C15H20FN/c1-11(2)8-9-12(3)13-6-5-7-14(10-13)15(4,16)17/h5-7,10H,1,3,8-9,17H2,2,4H3. The first-order valence-corrected chi connectivity index (χ1v) is 5.71. The Bertz CT molecular complexity index is 427. The molecule has 17 heavy (non-hydrogen) atoms. The average molecular weight is 233 g/mol. The molecule has 0 heterocycles. The molecule has 1 aromatic rings. The summed E-state index contributed by atoms with van der Waals surface area (Å²) in [5.74, 6) is -1.80. The lowest BCUT2D eigenvalue weighted by atomic mass is 9.97. The maximum atomic E-state index is 13.6. The molecule has 1 atom stereocenters. The van der Waals surface area contributed by atoms with Crippen LogP contribution >= 0.6 is 0 Å². The fraction of sp³-hybridized carbons (Fsp3) is 0.333. The molecule has 0 aliphatic rings. The van der Waals surface area contributed by atoms with Crippen LogP contribution in [0.4, 0.5) is 4.39 Å². The van der Waals surface area contributed by atoms with E-state index in [4.69, 9.17) is 5.73 Å². The number of rotatable bonds is 5. The minimum atomic E-state index is -1.80. The molecule has 0 aliphatic heterocycles. The van der Waals surface area contributed by atoms with Crippen molar-refractivity contribution in [2.45, 2.75) is 32.5 Å². The number of hydrogen-bond acceptors (Lipinski definition) is 1. The molecule has 0 saturated heterocycles. The van der Waals surface area contributed by atoms with Gasteiger partial charge in [-0.2, -0.15) is 0 Å². The van der Waals surface area contributed by atoms with Gasteiger partial charge in [0, 0.05) is 5.56 Å². The highest BCUT2D eigenvalue weighted by Gasteiger charge is 2.19. The van der Waals surface area contributed by atoms with E-state index in [1.54, 1.807) is 18.2 Å². The minimum absolute atomic E-state index is 0.478. The third-order valence-corrected chi connectivity index (χ3v) is 2.69. The second-order valence-corrected chi connectivity index (χ2v) is 4.72. The minimum Gasteiger partial charge on any atom is -0.296 e. The molecule has 2 heteroatoms. The van der Waals surface area contributed by atoms with Crippen molar-refractivity contribution < 1.29 is 4.39 Å². The van der Waals surface area contributed by atoms with Gasteiger partial charge < -0.3 is 0 Å². The lowest BCUT2D eigenvalue weighted by Crippen LogP contribution is -2.26. The normalized spacial score (nSPS) is 14.1. The molecule has 2 N–H and O–H groups in total. The molecule has 1 aromatic carbocycles. The largest absolute Gasteiger partial charge is 0.296 e. The summed E-state index contributed by atoms with van der Waals surface area (Å²) in [6.45, 7) is 11.2. The highest BCUT2D eigenvalue weighted by molar-refractivity contribution is 5.64. The van der Waals surface area contributed by atoms with Crippen molar-refractivity contribution in [3.05, 3.63) is 54.1 Å². The summed E-state index contributed by atoms with van der Waals surface area (Å²) in [5.41, 5.74) is 8.97. The van der Waals surface area contributed by atoms with Gasteiger partial charge in [-0.1, -0.05) is 30.4 Å². The van der Waals surface area contributed by atoms with Crippen molar-refractivity contribution in [3.8, 4) is 0 Å². The number of halogens is 1. The van der Waals surface area contributed by atoms with Crippen LogP contribution < -0.4 is 5.73 Å². The topological polar surface area (TPSA) is 26.0 Å². The van der Waals surface area contributed by atoms with Crippen LogP contribution in [0.3, 0.4) is 0 Å². The Kier molecular flexibility index (Phi) is 4.24. The average Bonchev–Trinajstić information content (AvgIpc) is 2.25. The quantitative estimate of drug-likeness (QED) is 0.600. The van der Waals surface area contributed by atoms with Gasteiger partial charge in [-0.25, -0.2) is 4.39 Å². The Balaban J connectivity index is 2.85. The van der Waals surface area contributed by atoms with Gasteiger partial charge in [0.2, 0.25) is 0 Å². The molecule has 0 saturated carbocycles. The van der Waals surface area contributed by atoms with E-state index >= 15 is 0 Å². The van der Waals surface area contributed by atoms with Crippen LogP contribution in [0.15, 0.2) is 43.0 Å². The van der Waals surface area contributed by atoms with Gasteiger partial charge in [0.1, 0.15) is 0 Å².